The van der Waals surface area contributed by atoms with Crippen LogP contribution < -0.4 is 5.73 Å². The Morgan fingerprint density at radius 3 is 2.61 bits per heavy atom. The molecule has 9 heteroatoms. The van der Waals surface area contributed by atoms with Crippen LogP contribution >= 0.6 is 0 Å². The molecule has 0 unspecified atom stereocenters. The number of hydrogen-bond donors (Lipinski definition) is 1. The summed E-state index contributed by atoms with van der Waals surface area (Å²) in [5.74, 6) is -0.607. The van der Waals surface area contributed by atoms with Crippen molar-refractivity contribution >= 4 is 5.82 Å². The molecular formula is C22H22FN7O. The molecule has 0 fully saturated rings. The van der Waals surface area contributed by atoms with Crippen molar-refractivity contribution in [1.82, 2.24) is 29.9 Å². The molecule has 0 atom stereocenters. The number of aryl methyl sites for hydroxylation is 1. The van der Waals surface area contributed by atoms with Crippen molar-refractivity contribution in [2.45, 2.75) is 27.0 Å². The van der Waals surface area contributed by atoms with Crippen molar-refractivity contribution in [2.75, 3.05) is 12.8 Å². The monoisotopic (exact) mass is 419 g/mol. The summed E-state index contributed by atoms with van der Waals surface area (Å²) in [6, 6.07) is 11.4. The van der Waals surface area contributed by atoms with Gasteiger partial charge in [-0.15, -0.1) is 5.10 Å². The van der Waals surface area contributed by atoms with Gasteiger partial charge < -0.3 is 10.5 Å². The minimum absolute atomic E-state index is 0.00995. The van der Waals surface area contributed by atoms with E-state index in [2.05, 4.69) is 25.3 Å². The first-order valence-electron chi connectivity index (χ1n) is 9.70. The molecule has 3 heterocycles. The summed E-state index contributed by atoms with van der Waals surface area (Å²) in [5, 5.41) is 8.19. The summed E-state index contributed by atoms with van der Waals surface area (Å²) in [4.78, 5) is 13.1. The van der Waals surface area contributed by atoms with E-state index < -0.39 is 5.82 Å². The van der Waals surface area contributed by atoms with Crippen LogP contribution in [-0.2, 0) is 17.9 Å². The Hall–Kier alpha value is -3.72. The minimum atomic E-state index is -0.721. The lowest BCUT2D eigenvalue weighted by molar-refractivity contribution is 0.181. The van der Waals surface area contributed by atoms with Crippen LogP contribution in [0.15, 0.2) is 42.6 Å². The van der Waals surface area contributed by atoms with Crippen LogP contribution in [0.25, 0.3) is 22.8 Å². The molecule has 31 heavy (non-hydrogen) atoms. The van der Waals surface area contributed by atoms with Crippen LogP contribution in [-0.4, -0.2) is 37.1 Å². The number of methoxy groups -OCH3 is 1. The Labute approximate surface area is 179 Å². The molecule has 0 saturated heterocycles. The number of nitrogen functional groups attached to an aromatic ring is 1. The van der Waals surface area contributed by atoms with Crippen molar-refractivity contribution in [2.24, 2.45) is 0 Å². The van der Waals surface area contributed by atoms with E-state index in [1.54, 1.807) is 18.0 Å². The standard InChI is InChI=1S/C22H22FN7O/c1-13-6-4-9-17(14(13)2)22-26-20(19(23)21(24)27-22)18-11-30(29-28-18)10-15-7-5-8-16(25-15)12-31-3/h4-9,11H,10,12H2,1-3H3,(H2,24,26,27). The first-order chi connectivity index (χ1) is 15.0. The molecular weight excluding hydrogens is 397 g/mol. The quantitative estimate of drug-likeness (QED) is 0.511. The molecule has 0 amide bonds. The Morgan fingerprint density at radius 2 is 1.81 bits per heavy atom. The topological polar surface area (TPSA) is 105 Å². The second kappa shape index (κ2) is 8.57. The van der Waals surface area contributed by atoms with Crippen LogP contribution in [0.1, 0.15) is 22.5 Å². The average molecular weight is 419 g/mol. The Bertz CT molecular complexity index is 1240. The summed E-state index contributed by atoms with van der Waals surface area (Å²) >= 11 is 0. The second-order valence-electron chi connectivity index (χ2n) is 7.20. The van der Waals surface area contributed by atoms with E-state index in [9.17, 15) is 4.39 Å². The normalized spacial score (nSPS) is 11.1. The van der Waals surface area contributed by atoms with Crippen LogP contribution in [0.3, 0.4) is 0 Å². The Balaban J connectivity index is 1.68. The fourth-order valence-corrected chi connectivity index (χ4v) is 3.24. The number of aromatic nitrogens is 6. The fourth-order valence-electron chi connectivity index (χ4n) is 3.24. The molecule has 0 radical (unpaired) electrons. The van der Waals surface area contributed by atoms with E-state index in [1.807, 2.05) is 50.2 Å². The van der Waals surface area contributed by atoms with Gasteiger partial charge in [-0.3, -0.25) is 4.98 Å². The van der Waals surface area contributed by atoms with Crippen molar-refractivity contribution in [3.8, 4) is 22.8 Å². The minimum Gasteiger partial charge on any atom is -0.381 e. The second-order valence-corrected chi connectivity index (χ2v) is 7.20. The molecule has 3 aromatic heterocycles. The maximum Gasteiger partial charge on any atom is 0.193 e. The van der Waals surface area contributed by atoms with Crippen LogP contribution in [0.4, 0.5) is 10.2 Å². The molecule has 0 aliphatic heterocycles. The zero-order valence-corrected chi connectivity index (χ0v) is 17.5. The summed E-state index contributed by atoms with van der Waals surface area (Å²) in [6.45, 7) is 4.75. The predicted molar refractivity (Wildman–Crippen MR) is 114 cm³/mol. The third-order valence-electron chi connectivity index (χ3n) is 4.98. The van der Waals surface area contributed by atoms with Gasteiger partial charge in [-0.2, -0.15) is 0 Å². The molecule has 4 aromatic rings. The van der Waals surface area contributed by atoms with Gasteiger partial charge in [0.05, 0.1) is 30.7 Å². The first-order valence-corrected chi connectivity index (χ1v) is 9.70. The molecule has 8 nitrogen and oxygen atoms in total. The zero-order valence-electron chi connectivity index (χ0n) is 17.5. The average Bonchev–Trinajstić information content (AvgIpc) is 3.21. The Morgan fingerprint density at radius 1 is 1.03 bits per heavy atom. The van der Waals surface area contributed by atoms with Crippen LogP contribution in [0.5, 0.6) is 0 Å². The summed E-state index contributed by atoms with van der Waals surface area (Å²) in [5.41, 5.74) is 10.6. The van der Waals surface area contributed by atoms with Crippen LogP contribution in [0, 0.1) is 19.7 Å². The van der Waals surface area contributed by atoms with E-state index >= 15 is 0 Å². The number of rotatable bonds is 6. The predicted octanol–water partition coefficient (Wildman–Crippen LogP) is 3.33. The first kappa shape index (κ1) is 20.5. The highest BCUT2D eigenvalue weighted by atomic mass is 19.1. The lowest BCUT2D eigenvalue weighted by atomic mass is 10.0. The van der Waals surface area contributed by atoms with Crippen molar-refractivity contribution in [3.05, 3.63) is 70.9 Å². The molecule has 0 aliphatic carbocycles. The zero-order chi connectivity index (χ0) is 22.0. The van der Waals surface area contributed by atoms with Crippen molar-refractivity contribution in [1.29, 1.82) is 0 Å². The molecule has 4 rings (SSSR count). The van der Waals surface area contributed by atoms with Gasteiger partial charge in [0.1, 0.15) is 11.4 Å². The van der Waals surface area contributed by atoms with Gasteiger partial charge in [0, 0.05) is 12.7 Å². The number of nitrogens with two attached hydrogens (primary N) is 1. The molecule has 158 valence electrons. The van der Waals surface area contributed by atoms with Gasteiger partial charge >= 0.3 is 0 Å². The van der Waals surface area contributed by atoms with Gasteiger partial charge in [-0.25, -0.2) is 19.0 Å². The smallest absolute Gasteiger partial charge is 0.193 e. The third kappa shape index (κ3) is 4.26. The maximum atomic E-state index is 14.8. The van der Waals surface area contributed by atoms with Gasteiger partial charge in [-0.1, -0.05) is 29.5 Å². The summed E-state index contributed by atoms with van der Waals surface area (Å²) in [7, 11) is 1.62. The largest absolute Gasteiger partial charge is 0.381 e. The highest BCUT2D eigenvalue weighted by Crippen LogP contribution is 2.28. The number of halogens is 1. The lowest BCUT2D eigenvalue weighted by Crippen LogP contribution is -2.05. The number of anilines is 1. The maximum absolute atomic E-state index is 14.8. The van der Waals surface area contributed by atoms with Crippen molar-refractivity contribution in [3.63, 3.8) is 0 Å². The van der Waals surface area contributed by atoms with E-state index in [4.69, 9.17) is 10.5 Å². The molecule has 2 N–H and O–H groups in total. The Kier molecular flexibility index (Phi) is 5.68. The van der Waals surface area contributed by atoms with Crippen molar-refractivity contribution < 1.29 is 9.13 Å². The molecule has 0 bridgehead atoms. The molecule has 1 aromatic carbocycles. The summed E-state index contributed by atoms with van der Waals surface area (Å²) < 4.78 is 21.5. The van der Waals surface area contributed by atoms with Gasteiger partial charge in [0.25, 0.3) is 0 Å². The fraction of sp³-hybridized carbons (Fsp3) is 0.227. The number of ether oxygens (including phenoxy) is 1. The molecule has 0 aliphatic rings. The van der Waals surface area contributed by atoms with E-state index in [0.717, 1.165) is 28.1 Å². The van der Waals surface area contributed by atoms with Gasteiger partial charge in [0.2, 0.25) is 0 Å². The summed E-state index contributed by atoms with van der Waals surface area (Å²) in [6.07, 6.45) is 1.61. The van der Waals surface area contributed by atoms with E-state index in [-0.39, 0.29) is 17.2 Å². The van der Waals surface area contributed by atoms with Crippen LogP contribution in [0.2, 0.25) is 0 Å². The number of nitrogens with zero attached hydrogens (tertiary/aromatic N) is 6. The molecule has 0 saturated carbocycles. The highest BCUT2D eigenvalue weighted by molar-refractivity contribution is 5.67. The van der Waals surface area contributed by atoms with E-state index in [1.165, 1.54) is 0 Å². The SMILES string of the molecule is COCc1cccc(Cn2cc(-c3nc(-c4cccc(C)c4C)nc(N)c3F)nn2)n1. The number of pyridine rings is 1. The van der Waals surface area contributed by atoms with Gasteiger partial charge in [-0.05, 0) is 37.1 Å². The van der Waals surface area contributed by atoms with Gasteiger partial charge in [0.15, 0.2) is 17.5 Å². The molecule has 0 spiro atoms. The third-order valence-corrected chi connectivity index (χ3v) is 4.98. The number of benzene rings is 1. The van der Waals surface area contributed by atoms with E-state index in [0.29, 0.717) is 19.0 Å². The number of hydrogen-bond acceptors (Lipinski definition) is 7. The lowest BCUT2D eigenvalue weighted by Gasteiger charge is -2.10. The highest BCUT2D eigenvalue weighted by Gasteiger charge is 2.19.